The second-order valence-corrected chi connectivity index (χ2v) is 17.1. The summed E-state index contributed by atoms with van der Waals surface area (Å²) in [4.78, 5) is 27.8. The van der Waals surface area contributed by atoms with Gasteiger partial charge in [-0.25, -0.2) is 0 Å². The van der Waals surface area contributed by atoms with Crippen molar-refractivity contribution < 1.29 is 29.3 Å². The Morgan fingerprint density at radius 1 is 0.946 bits per heavy atom. The van der Waals surface area contributed by atoms with Gasteiger partial charge >= 0.3 is 0 Å². The molecule has 2 saturated carbocycles. The lowest BCUT2D eigenvalue weighted by Gasteiger charge is -2.40. The number of methoxy groups -OCH3 is 1. The van der Waals surface area contributed by atoms with Gasteiger partial charge in [0.2, 0.25) is 0 Å². The molecular formula is C50H92O6. The number of Topliss-reactive ketones (excluding diaryl/α,β-unsaturated/α-hetero) is 2. The van der Waals surface area contributed by atoms with E-state index >= 15 is 0 Å². The summed E-state index contributed by atoms with van der Waals surface area (Å²) in [7, 11) is 1.73. The van der Waals surface area contributed by atoms with Crippen LogP contribution in [-0.2, 0) is 25.5 Å². The lowest BCUT2D eigenvalue weighted by atomic mass is 9.62. The van der Waals surface area contributed by atoms with Crippen molar-refractivity contribution in [1.82, 2.24) is 0 Å². The Kier molecular flexibility index (Phi) is 31.2. The molecule has 2 aliphatic rings. The minimum atomic E-state index is -0.702. The van der Waals surface area contributed by atoms with Crippen LogP contribution in [0.4, 0.5) is 0 Å². The molecule has 2 aliphatic carbocycles. The second kappa shape index (κ2) is 31.1. The van der Waals surface area contributed by atoms with E-state index in [1.165, 1.54) is 31.2 Å². The number of ketones is 2. The first-order chi connectivity index (χ1) is 26.5. The molecule has 2 fully saturated rings. The van der Waals surface area contributed by atoms with E-state index in [-0.39, 0.29) is 46.9 Å². The molecule has 6 unspecified atom stereocenters. The van der Waals surface area contributed by atoms with E-state index in [1.54, 1.807) is 21.0 Å². The fourth-order valence-electron chi connectivity index (χ4n) is 8.60. The molecule has 3 rings (SSSR count). The van der Waals surface area contributed by atoms with Crippen LogP contribution in [0.5, 0.6) is 0 Å². The van der Waals surface area contributed by atoms with E-state index in [1.807, 2.05) is 40.7 Å². The molecule has 0 spiro atoms. The molecule has 6 heteroatoms. The molecule has 0 saturated heterocycles. The minimum absolute atomic E-state index is 0.0717. The highest BCUT2D eigenvalue weighted by Gasteiger charge is 2.55. The third-order valence-corrected chi connectivity index (χ3v) is 11.6. The Morgan fingerprint density at radius 3 is 1.98 bits per heavy atom. The van der Waals surface area contributed by atoms with Crippen LogP contribution in [0.1, 0.15) is 186 Å². The van der Waals surface area contributed by atoms with E-state index in [4.69, 9.17) is 14.6 Å². The van der Waals surface area contributed by atoms with Gasteiger partial charge in [0.1, 0.15) is 11.6 Å². The van der Waals surface area contributed by atoms with E-state index in [9.17, 15) is 14.7 Å². The average molecular weight is 789 g/mol. The summed E-state index contributed by atoms with van der Waals surface area (Å²) in [6, 6.07) is 10.4. The van der Waals surface area contributed by atoms with Crippen LogP contribution in [0.3, 0.4) is 0 Å². The molecule has 0 radical (unpaired) electrons. The molecule has 8 atom stereocenters. The number of rotatable bonds is 19. The first kappa shape index (κ1) is 56.2. The van der Waals surface area contributed by atoms with Crippen LogP contribution in [-0.4, -0.2) is 59.4 Å². The van der Waals surface area contributed by atoms with E-state index in [0.717, 1.165) is 63.5 Å². The van der Waals surface area contributed by atoms with Gasteiger partial charge in [-0.2, -0.15) is 0 Å². The van der Waals surface area contributed by atoms with Crippen molar-refractivity contribution in [3.05, 3.63) is 48.0 Å². The fourth-order valence-corrected chi connectivity index (χ4v) is 8.60. The minimum Gasteiger partial charge on any atom is -0.391 e. The predicted octanol–water partition coefficient (Wildman–Crippen LogP) is 12.8. The molecule has 1 aromatic carbocycles. The van der Waals surface area contributed by atoms with Crippen LogP contribution in [0.25, 0.3) is 0 Å². The summed E-state index contributed by atoms with van der Waals surface area (Å²) in [6.45, 7) is 33.4. The van der Waals surface area contributed by atoms with Crippen LogP contribution in [0, 0.1) is 35.0 Å². The first-order valence-electron chi connectivity index (χ1n) is 22.8. The number of aliphatic hydroxyl groups is 2. The highest BCUT2D eigenvalue weighted by molar-refractivity contribution is 5.94. The van der Waals surface area contributed by atoms with Crippen molar-refractivity contribution >= 4 is 11.6 Å². The van der Waals surface area contributed by atoms with Gasteiger partial charge in [-0.15, -0.1) is 0 Å². The third kappa shape index (κ3) is 20.2. The molecule has 0 bridgehead atoms. The van der Waals surface area contributed by atoms with Gasteiger partial charge in [0.15, 0.2) is 0 Å². The van der Waals surface area contributed by atoms with Crippen LogP contribution < -0.4 is 0 Å². The number of carbonyl (C=O) groups is 2. The smallest absolute Gasteiger partial charge is 0.143 e. The van der Waals surface area contributed by atoms with Gasteiger partial charge in [0.05, 0.1) is 23.9 Å². The summed E-state index contributed by atoms with van der Waals surface area (Å²) < 4.78 is 11.9. The standard InChI is InChI=1S/C35H54O4.C8H18O2.C3H8.2C2H6/c1-25(22-28-16-10-8-11-17-28)26(2)32(29-18-12-9-13-19-29)33(37)35(6)24-30(23-31(35)27(3)36)39-34(4,5)20-14-15-21-38-7;1-4-5-6(2)8(10)7(3)9;1-3-2;2*1-2/h8,10-11,16-17,26,29-32H,1,9,12-15,18-24H2,2-7H3;6-10H,4-5H2,1-3H3;3H2,1-2H3;2*1-2H3/t26?,30-,31+,32?,35?;;;;/m1..../s1. The zero-order valence-electron chi connectivity index (χ0n) is 39.3. The Labute approximate surface area is 347 Å². The number of aliphatic hydroxyl groups excluding tert-OH is 2. The quantitative estimate of drug-likeness (QED) is 0.107. The van der Waals surface area contributed by atoms with Crippen molar-refractivity contribution in [1.29, 1.82) is 0 Å². The van der Waals surface area contributed by atoms with E-state index < -0.39 is 17.6 Å². The number of carbonyl (C=O) groups excluding carboxylic acids is 2. The number of allylic oxidation sites excluding steroid dienone is 1. The molecule has 0 heterocycles. The number of ether oxygens (including phenoxy) is 2. The van der Waals surface area contributed by atoms with Gasteiger partial charge in [0, 0.05) is 31.0 Å². The summed E-state index contributed by atoms with van der Waals surface area (Å²) >= 11 is 0. The van der Waals surface area contributed by atoms with Crippen molar-refractivity contribution in [2.45, 2.75) is 211 Å². The Bertz CT molecular complexity index is 1140. The lowest BCUT2D eigenvalue weighted by molar-refractivity contribution is -0.142. The first-order valence-corrected chi connectivity index (χ1v) is 22.8. The molecule has 0 amide bonds. The van der Waals surface area contributed by atoms with Crippen molar-refractivity contribution in [2.75, 3.05) is 13.7 Å². The van der Waals surface area contributed by atoms with Gasteiger partial charge < -0.3 is 19.7 Å². The van der Waals surface area contributed by atoms with Crippen molar-refractivity contribution in [3.8, 4) is 0 Å². The van der Waals surface area contributed by atoms with Crippen LogP contribution in [0.15, 0.2) is 42.5 Å². The SMILES string of the molecule is C=C(Cc1ccccc1)C(C)C(C(=O)C1(C)C[C@H](OC(C)(C)CCCCOC)C[C@H]1C(C)=O)C1CCCCC1.CC.CC.CCC.CCCC(C)C(O)C(C)O. The fraction of sp³-hybridized carbons (Fsp3) is 0.800. The Balaban J connectivity index is 0. The summed E-state index contributed by atoms with van der Waals surface area (Å²) in [5, 5.41) is 18.2. The summed E-state index contributed by atoms with van der Waals surface area (Å²) in [6.07, 6.45) is 12.9. The molecule has 6 nitrogen and oxygen atoms in total. The van der Waals surface area contributed by atoms with Crippen LogP contribution >= 0.6 is 0 Å². The van der Waals surface area contributed by atoms with Crippen molar-refractivity contribution in [2.24, 2.45) is 35.0 Å². The van der Waals surface area contributed by atoms with Gasteiger partial charge in [0.25, 0.3) is 0 Å². The van der Waals surface area contributed by atoms with E-state index in [0.29, 0.717) is 18.8 Å². The highest BCUT2D eigenvalue weighted by atomic mass is 16.5. The van der Waals surface area contributed by atoms with Crippen LogP contribution in [0.2, 0.25) is 0 Å². The molecule has 56 heavy (non-hydrogen) atoms. The normalized spacial score (nSPS) is 22.1. The zero-order valence-corrected chi connectivity index (χ0v) is 39.3. The molecule has 0 aromatic heterocycles. The predicted molar refractivity (Wildman–Crippen MR) is 240 cm³/mol. The largest absolute Gasteiger partial charge is 0.391 e. The zero-order chi connectivity index (χ0) is 43.5. The van der Waals surface area contributed by atoms with E-state index in [2.05, 4.69) is 79.3 Å². The van der Waals surface area contributed by atoms with Gasteiger partial charge in [-0.05, 0) is 109 Å². The highest BCUT2D eigenvalue weighted by Crippen LogP contribution is 2.51. The number of hydrogen-bond acceptors (Lipinski definition) is 6. The van der Waals surface area contributed by atoms with Crippen molar-refractivity contribution in [3.63, 3.8) is 0 Å². The number of hydrogen-bond donors (Lipinski definition) is 2. The maximum Gasteiger partial charge on any atom is 0.143 e. The topological polar surface area (TPSA) is 93.1 Å². The third-order valence-electron chi connectivity index (χ3n) is 11.6. The average Bonchev–Trinajstić information content (AvgIpc) is 3.52. The molecule has 328 valence electrons. The molecular weight excluding hydrogens is 697 g/mol. The van der Waals surface area contributed by atoms with Gasteiger partial charge in [-0.1, -0.05) is 144 Å². The Morgan fingerprint density at radius 2 is 1.50 bits per heavy atom. The Hall–Kier alpha value is -1.86. The molecule has 2 N–H and O–H groups in total. The summed E-state index contributed by atoms with van der Waals surface area (Å²) in [5.74, 6) is 0.644. The summed E-state index contributed by atoms with van der Waals surface area (Å²) in [5.41, 5.74) is 1.36. The maximum absolute atomic E-state index is 14.8. The number of unbranched alkanes of at least 4 members (excludes halogenated alkanes) is 1. The maximum atomic E-state index is 14.8. The molecule has 0 aliphatic heterocycles. The number of benzene rings is 1. The van der Waals surface area contributed by atoms with Gasteiger partial charge in [-0.3, -0.25) is 9.59 Å². The molecule has 1 aromatic rings. The monoisotopic (exact) mass is 789 g/mol. The second-order valence-electron chi connectivity index (χ2n) is 17.1. The lowest BCUT2D eigenvalue weighted by Crippen LogP contribution is -2.45.